The quantitative estimate of drug-likeness (QED) is 0.514. The van der Waals surface area contributed by atoms with Gasteiger partial charge in [0.15, 0.2) is 17.5 Å². The maximum absolute atomic E-state index is 13.4. The number of hydrogen-bond donors (Lipinski definition) is 2. The molecule has 0 unspecified atom stereocenters. The number of hydrogen-bond acceptors (Lipinski definition) is 3. The summed E-state index contributed by atoms with van der Waals surface area (Å²) in [6.07, 6.45) is -1.00. The summed E-state index contributed by atoms with van der Waals surface area (Å²) < 4.78 is 43.9. The zero-order valence-electron chi connectivity index (χ0n) is 12.1. The number of ether oxygens (including phenoxy) is 1. The van der Waals surface area contributed by atoms with Crippen LogP contribution in [-0.4, -0.2) is 11.9 Å². The van der Waals surface area contributed by atoms with Crippen LogP contribution < -0.4 is 5.32 Å². The van der Waals surface area contributed by atoms with E-state index in [0.717, 1.165) is 17.7 Å². The first kappa shape index (κ1) is 16.5. The maximum Gasteiger partial charge on any atom is 0.413 e. The predicted molar refractivity (Wildman–Crippen MR) is 77.6 cm³/mol. The standard InChI is InChI=1S/C16H13F3N2O2/c1-9-2-4-10(5-3-9)15(20)21-16(22)23-8-11-6-7-12(17)14(19)13(11)18/h2-7H,8H2,1H3,(H2,20,21,22). The summed E-state index contributed by atoms with van der Waals surface area (Å²) in [6, 6.07) is 8.55. The molecule has 0 heterocycles. The fourth-order valence-electron chi connectivity index (χ4n) is 1.75. The van der Waals surface area contributed by atoms with Crippen LogP contribution in [0.3, 0.4) is 0 Å². The highest BCUT2D eigenvalue weighted by Crippen LogP contribution is 2.16. The molecule has 0 aliphatic rings. The Bertz CT molecular complexity index is 746. The van der Waals surface area contributed by atoms with E-state index in [1.54, 1.807) is 24.3 Å². The Morgan fingerprint density at radius 2 is 1.74 bits per heavy atom. The van der Waals surface area contributed by atoms with Crippen LogP contribution in [-0.2, 0) is 11.3 Å². The van der Waals surface area contributed by atoms with Gasteiger partial charge in [0.25, 0.3) is 0 Å². The van der Waals surface area contributed by atoms with Crippen molar-refractivity contribution in [2.75, 3.05) is 0 Å². The van der Waals surface area contributed by atoms with Crippen LogP contribution in [0.4, 0.5) is 18.0 Å². The molecular formula is C16H13F3N2O2. The van der Waals surface area contributed by atoms with Gasteiger partial charge in [0.05, 0.1) is 0 Å². The van der Waals surface area contributed by atoms with Crippen molar-refractivity contribution in [3.63, 3.8) is 0 Å². The monoisotopic (exact) mass is 322 g/mol. The Hall–Kier alpha value is -2.83. The molecule has 0 aliphatic heterocycles. The summed E-state index contributed by atoms with van der Waals surface area (Å²) in [7, 11) is 0. The molecule has 2 aromatic rings. The number of carbonyl (C=O) groups excluding carboxylic acids is 1. The molecule has 2 rings (SSSR count). The minimum atomic E-state index is -1.63. The van der Waals surface area contributed by atoms with E-state index in [0.29, 0.717) is 5.56 Å². The minimum absolute atomic E-state index is 0.194. The molecule has 0 aliphatic carbocycles. The average molecular weight is 322 g/mol. The zero-order valence-corrected chi connectivity index (χ0v) is 12.1. The first-order valence-corrected chi connectivity index (χ1v) is 6.60. The molecule has 0 aromatic heterocycles. The summed E-state index contributed by atoms with van der Waals surface area (Å²) in [5.41, 5.74) is 1.16. The van der Waals surface area contributed by atoms with E-state index in [1.165, 1.54) is 0 Å². The molecule has 0 bridgehead atoms. The molecule has 2 N–H and O–H groups in total. The Balaban J connectivity index is 1.94. The van der Waals surface area contributed by atoms with Crippen molar-refractivity contribution in [1.82, 2.24) is 5.32 Å². The highest BCUT2D eigenvalue weighted by atomic mass is 19.2. The van der Waals surface area contributed by atoms with Gasteiger partial charge in [0.2, 0.25) is 0 Å². The van der Waals surface area contributed by atoms with Gasteiger partial charge < -0.3 is 4.74 Å². The number of rotatable bonds is 3. The van der Waals surface area contributed by atoms with Gasteiger partial charge in [-0.15, -0.1) is 0 Å². The van der Waals surface area contributed by atoms with Crippen molar-refractivity contribution in [3.05, 3.63) is 70.5 Å². The van der Waals surface area contributed by atoms with E-state index in [1.807, 2.05) is 6.92 Å². The Kier molecular flexibility index (Phi) is 5.00. The molecule has 1 amide bonds. The van der Waals surface area contributed by atoms with Crippen molar-refractivity contribution in [1.29, 1.82) is 5.41 Å². The molecular weight excluding hydrogens is 309 g/mol. The molecule has 120 valence electrons. The van der Waals surface area contributed by atoms with Crippen molar-refractivity contribution >= 4 is 11.9 Å². The lowest BCUT2D eigenvalue weighted by atomic mass is 10.1. The number of amidine groups is 1. The molecule has 23 heavy (non-hydrogen) atoms. The number of benzene rings is 2. The smallest absolute Gasteiger partial charge is 0.413 e. The van der Waals surface area contributed by atoms with Gasteiger partial charge in [0, 0.05) is 11.1 Å². The van der Waals surface area contributed by atoms with Gasteiger partial charge in [-0.05, 0) is 19.1 Å². The molecule has 0 atom stereocenters. The van der Waals surface area contributed by atoms with Crippen LogP contribution in [0.5, 0.6) is 0 Å². The Morgan fingerprint density at radius 1 is 1.09 bits per heavy atom. The Morgan fingerprint density at radius 3 is 2.39 bits per heavy atom. The van der Waals surface area contributed by atoms with Crippen LogP contribution in [0.1, 0.15) is 16.7 Å². The van der Waals surface area contributed by atoms with Crippen LogP contribution in [0.2, 0.25) is 0 Å². The van der Waals surface area contributed by atoms with Gasteiger partial charge in [-0.2, -0.15) is 0 Å². The molecule has 7 heteroatoms. The number of halogens is 3. The summed E-state index contributed by atoms with van der Waals surface area (Å²) in [6.45, 7) is 1.29. The van der Waals surface area contributed by atoms with Gasteiger partial charge in [0.1, 0.15) is 12.4 Å². The van der Waals surface area contributed by atoms with Crippen molar-refractivity contribution in [2.45, 2.75) is 13.5 Å². The van der Waals surface area contributed by atoms with Crippen LogP contribution in [0, 0.1) is 29.8 Å². The zero-order chi connectivity index (χ0) is 17.0. The van der Waals surface area contributed by atoms with Crippen LogP contribution in [0.15, 0.2) is 36.4 Å². The third kappa shape index (κ3) is 4.09. The first-order valence-electron chi connectivity index (χ1n) is 6.60. The lowest BCUT2D eigenvalue weighted by molar-refractivity contribution is 0.143. The SMILES string of the molecule is Cc1ccc(C(=N)NC(=O)OCc2ccc(F)c(F)c2F)cc1. The second kappa shape index (κ2) is 6.95. The van der Waals surface area contributed by atoms with E-state index in [2.05, 4.69) is 5.32 Å². The van der Waals surface area contributed by atoms with E-state index >= 15 is 0 Å². The largest absolute Gasteiger partial charge is 0.444 e. The molecule has 0 fully saturated rings. The first-order chi connectivity index (χ1) is 10.9. The number of alkyl carbamates (subject to hydrolysis) is 1. The maximum atomic E-state index is 13.4. The molecule has 0 saturated carbocycles. The number of aryl methyl sites for hydroxylation is 1. The number of nitrogens with one attached hydrogen (secondary N) is 2. The van der Waals surface area contributed by atoms with Gasteiger partial charge in [-0.1, -0.05) is 29.8 Å². The van der Waals surface area contributed by atoms with Crippen LogP contribution >= 0.6 is 0 Å². The second-order valence-electron chi connectivity index (χ2n) is 4.78. The third-order valence-corrected chi connectivity index (χ3v) is 3.04. The summed E-state index contributed by atoms with van der Waals surface area (Å²) in [5.74, 6) is -4.55. The molecule has 4 nitrogen and oxygen atoms in total. The van der Waals surface area contributed by atoms with E-state index in [9.17, 15) is 18.0 Å². The fourth-order valence-corrected chi connectivity index (χ4v) is 1.75. The highest BCUT2D eigenvalue weighted by Gasteiger charge is 2.15. The molecule has 0 spiro atoms. The van der Waals surface area contributed by atoms with E-state index in [4.69, 9.17) is 10.1 Å². The Labute approximate surface area is 130 Å². The van der Waals surface area contributed by atoms with E-state index < -0.39 is 30.2 Å². The lowest BCUT2D eigenvalue weighted by Crippen LogP contribution is -2.31. The summed E-state index contributed by atoms with van der Waals surface area (Å²) in [5, 5.41) is 9.89. The number of carbonyl (C=O) groups is 1. The predicted octanol–water partition coefficient (Wildman–Crippen LogP) is 3.66. The van der Waals surface area contributed by atoms with Crippen LogP contribution in [0.25, 0.3) is 0 Å². The van der Waals surface area contributed by atoms with E-state index in [-0.39, 0.29) is 11.4 Å². The summed E-state index contributed by atoms with van der Waals surface area (Å²) >= 11 is 0. The van der Waals surface area contributed by atoms with Gasteiger partial charge in [-0.3, -0.25) is 10.7 Å². The van der Waals surface area contributed by atoms with Gasteiger partial charge >= 0.3 is 6.09 Å². The molecule has 2 aromatic carbocycles. The molecule has 0 saturated heterocycles. The highest BCUT2D eigenvalue weighted by molar-refractivity contribution is 6.04. The number of amides is 1. The minimum Gasteiger partial charge on any atom is -0.444 e. The second-order valence-corrected chi connectivity index (χ2v) is 4.78. The normalized spacial score (nSPS) is 10.3. The average Bonchev–Trinajstić information content (AvgIpc) is 2.52. The van der Waals surface area contributed by atoms with Crippen molar-refractivity contribution in [2.24, 2.45) is 0 Å². The van der Waals surface area contributed by atoms with Gasteiger partial charge in [-0.25, -0.2) is 18.0 Å². The lowest BCUT2D eigenvalue weighted by Gasteiger charge is -2.09. The topological polar surface area (TPSA) is 62.2 Å². The fraction of sp³-hybridized carbons (Fsp3) is 0.125. The van der Waals surface area contributed by atoms with Crippen molar-refractivity contribution in [3.8, 4) is 0 Å². The summed E-state index contributed by atoms with van der Waals surface area (Å²) in [4.78, 5) is 11.6. The van der Waals surface area contributed by atoms with Crippen molar-refractivity contribution < 1.29 is 22.7 Å². The third-order valence-electron chi connectivity index (χ3n) is 3.04. The molecule has 0 radical (unpaired) electrons.